The molecule has 0 aliphatic rings. The Bertz CT molecular complexity index is 359. The van der Waals surface area contributed by atoms with Gasteiger partial charge in [-0.1, -0.05) is 0 Å². The van der Waals surface area contributed by atoms with E-state index in [1.54, 1.807) is 14.0 Å². The summed E-state index contributed by atoms with van der Waals surface area (Å²) in [6.07, 6.45) is 1.31. The highest BCUT2D eigenvalue weighted by atomic mass is 16.5. The third kappa shape index (κ3) is 5.13. The number of ether oxygens (including phenoxy) is 1. The second-order valence-corrected chi connectivity index (χ2v) is 3.87. The number of aliphatic hydroxyl groups excluding tert-OH is 1. The molecule has 7 nitrogen and oxygen atoms in total. The second-order valence-electron chi connectivity index (χ2n) is 3.87. The van der Waals surface area contributed by atoms with Crippen LogP contribution in [-0.2, 0) is 0 Å². The maximum Gasteiger partial charge on any atom is 0.323 e. The van der Waals surface area contributed by atoms with Gasteiger partial charge in [0.1, 0.15) is 0 Å². The summed E-state index contributed by atoms with van der Waals surface area (Å²) in [4.78, 5) is 12.4. The van der Waals surface area contributed by atoms with Crippen LogP contribution in [0.2, 0.25) is 0 Å². The van der Waals surface area contributed by atoms with Crippen LogP contribution in [-0.4, -0.2) is 46.4 Å². The Morgan fingerprint density at radius 2 is 2.00 bits per heavy atom. The number of aromatic nitrogens is 3. The molecule has 0 aromatic carbocycles. The van der Waals surface area contributed by atoms with Gasteiger partial charge in [0.2, 0.25) is 11.9 Å². The molecule has 0 radical (unpaired) electrons. The van der Waals surface area contributed by atoms with Crippen LogP contribution in [0.4, 0.5) is 11.9 Å². The fraction of sp³-hybridized carbons (Fsp3) is 0.727. The zero-order chi connectivity index (χ0) is 13.4. The smallest absolute Gasteiger partial charge is 0.323 e. The average Bonchev–Trinajstić information content (AvgIpc) is 2.34. The van der Waals surface area contributed by atoms with Gasteiger partial charge in [-0.05, 0) is 26.7 Å². The molecule has 1 rings (SSSR count). The molecule has 0 bridgehead atoms. The highest BCUT2D eigenvalue weighted by molar-refractivity contribution is 5.35. The SMILES string of the molecule is CCOc1nc(NC)nc(NCCCC(C)O)n1. The molecule has 0 saturated carbocycles. The van der Waals surface area contributed by atoms with Gasteiger partial charge < -0.3 is 20.5 Å². The van der Waals surface area contributed by atoms with Gasteiger partial charge in [-0.2, -0.15) is 15.0 Å². The summed E-state index contributed by atoms with van der Waals surface area (Å²) in [6, 6.07) is 0.301. The summed E-state index contributed by atoms with van der Waals surface area (Å²) in [7, 11) is 1.74. The molecule has 18 heavy (non-hydrogen) atoms. The van der Waals surface area contributed by atoms with E-state index >= 15 is 0 Å². The third-order valence-corrected chi connectivity index (χ3v) is 2.19. The lowest BCUT2D eigenvalue weighted by Gasteiger charge is -2.09. The van der Waals surface area contributed by atoms with E-state index in [-0.39, 0.29) is 6.10 Å². The van der Waals surface area contributed by atoms with Crippen molar-refractivity contribution >= 4 is 11.9 Å². The van der Waals surface area contributed by atoms with Crippen molar-refractivity contribution < 1.29 is 9.84 Å². The molecule has 0 aliphatic heterocycles. The van der Waals surface area contributed by atoms with Gasteiger partial charge in [0.25, 0.3) is 0 Å². The first-order chi connectivity index (χ1) is 8.65. The van der Waals surface area contributed by atoms with Crippen molar-refractivity contribution in [1.29, 1.82) is 0 Å². The summed E-state index contributed by atoms with van der Waals surface area (Å²) < 4.78 is 5.25. The van der Waals surface area contributed by atoms with Crippen LogP contribution in [0.3, 0.4) is 0 Å². The maximum atomic E-state index is 9.15. The summed E-state index contributed by atoms with van der Waals surface area (Å²) >= 11 is 0. The number of nitrogens with one attached hydrogen (secondary N) is 2. The van der Waals surface area contributed by atoms with Crippen LogP contribution in [0.1, 0.15) is 26.7 Å². The largest absolute Gasteiger partial charge is 0.464 e. The van der Waals surface area contributed by atoms with E-state index in [1.807, 2.05) is 6.92 Å². The summed E-state index contributed by atoms with van der Waals surface area (Å²) in [6.45, 7) is 4.85. The van der Waals surface area contributed by atoms with Gasteiger partial charge in [-0.3, -0.25) is 0 Å². The van der Waals surface area contributed by atoms with E-state index in [1.165, 1.54) is 0 Å². The van der Waals surface area contributed by atoms with Crippen LogP contribution in [0.5, 0.6) is 6.01 Å². The van der Waals surface area contributed by atoms with Crippen molar-refractivity contribution in [2.45, 2.75) is 32.8 Å². The minimum atomic E-state index is -0.281. The molecule has 1 heterocycles. The highest BCUT2D eigenvalue weighted by Gasteiger charge is 2.05. The van der Waals surface area contributed by atoms with Crippen molar-refractivity contribution in [3.8, 4) is 6.01 Å². The molecular formula is C11H21N5O2. The molecule has 1 atom stereocenters. The summed E-state index contributed by atoms with van der Waals surface area (Å²) in [5.41, 5.74) is 0. The minimum absolute atomic E-state index is 0.281. The van der Waals surface area contributed by atoms with Crippen molar-refractivity contribution in [2.75, 3.05) is 30.8 Å². The average molecular weight is 255 g/mol. The molecule has 102 valence electrons. The molecule has 0 spiro atoms. The second kappa shape index (κ2) is 7.65. The van der Waals surface area contributed by atoms with Crippen LogP contribution in [0.25, 0.3) is 0 Å². The Morgan fingerprint density at radius 1 is 1.28 bits per heavy atom. The first-order valence-corrected chi connectivity index (χ1v) is 6.14. The fourth-order valence-corrected chi connectivity index (χ4v) is 1.34. The fourth-order valence-electron chi connectivity index (χ4n) is 1.34. The molecule has 0 saturated heterocycles. The lowest BCUT2D eigenvalue weighted by atomic mass is 10.2. The van der Waals surface area contributed by atoms with Crippen LogP contribution >= 0.6 is 0 Å². The Hall–Kier alpha value is -1.63. The van der Waals surface area contributed by atoms with Crippen LogP contribution < -0.4 is 15.4 Å². The van der Waals surface area contributed by atoms with Crippen molar-refractivity contribution in [2.24, 2.45) is 0 Å². The Morgan fingerprint density at radius 3 is 2.61 bits per heavy atom. The van der Waals surface area contributed by atoms with Crippen molar-refractivity contribution in [3.05, 3.63) is 0 Å². The highest BCUT2D eigenvalue weighted by Crippen LogP contribution is 2.10. The maximum absolute atomic E-state index is 9.15. The summed E-state index contributed by atoms with van der Waals surface area (Å²) in [5.74, 6) is 0.940. The lowest BCUT2D eigenvalue weighted by Crippen LogP contribution is -2.11. The number of nitrogens with zero attached hydrogens (tertiary/aromatic N) is 3. The molecule has 0 fully saturated rings. The molecule has 0 aliphatic carbocycles. The van der Waals surface area contributed by atoms with Gasteiger partial charge in [-0.25, -0.2) is 0 Å². The van der Waals surface area contributed by atoms with E-state index < -0.39 is 0 Å². The number of anilines is 2. The predicted molar refractivity (Wildman–Crippen MR) is 69.9 cm³/mol. The van der Waals surface area contributed by atoms with Gasteiger partial charge in [-0.15, -0.1) is 0 Å². The quantitative estimate of drug-likeness (QED) is 0.594. The summed E-state index contributed by atoms with van der Waals surface area (Å²) in [5, 5.41) is 15.1. The molecule has 7 heteroatoms. The normalized spacial score (nSPS) is 12.0. The van der Waals surface area contributed by atoms with E-state index in [0.29, 0.717) is 31.1 Å². The van der Waals surface area contributed by atoms with Crippen LogP contribution in [0.15, 0.2) is 0 Å². The Labute approximate surface area is 107 Å². The van der Waals surface area contributed by atoms with Gasteiger partial charge in [0, 0.05) is 13.6 Å². The van der Waals surface area contributed by atoms with E-state index in [4.69, 9.17) is 9.84 Å². The van der Waals surface area contributed by atoms with Gasteiger partial charge in [0.05, 0.1) is 12.7 Å². The van der Waals surface area contributed by atoms with E-state index in [0.717, 1.165) is 12.8 Å². The topological polar surface area (TPSA) is 92.2 Å². The molecule has 0 amide bonds. The predicted octanol–water partition coefficient (Wildman–Crippen LogP) is 0.885. The molecule has 1 aromatic rings. The number of rotatable bonds is 8. The van der Waals surface area contributed by atoms with E-state index in [2.05, 4.69) is 25.6 Å². The van der Waals surface area contributed by atoms with Crippen LogP contribution in [0, 0.1) is 0 Å². The standard InChI is InChI=1S/C11H21N5O2/c1-4-18-11-15-9(12-3)14-10(16-11)13-7-5-6-8(2)17/h8,17H,4-7H2,1-3H3,(H2,12,13,14,15,16). The zero-order valence-corrected chi connectivity index (χ0v) is 11.1. The van der Waals surface area contributed by atoms with Crippen molar-refractivity contribution in [1.82, 2.24) is 15.0 Å². The Balaban J connectivity index is 2.55. The zero-order valence-electron chi connectivity index (χ0n) is 11.1. The monoisotopic (exact) mass is 255 g/mol. The first kappa shape index (κ1) is 14.4. The number of aliphatic hydroxyl groups is 1. The molecule has 1 aromatic heterocycles. The minimum Gasteiger partial charge on any atom is -0.464 e. The third-order valence-electron chi connectivity index (χ3n) is 2.19. The lowest BCUT2D eigenvalue weighted by molar-refractivity contribution is 0.183. The number of hydrogen-bond donors (Lipinski definition) is 3. The Kier molecular flexibility index (Phi) is 6.13. The van der Waals surface area contributed by atoms with Gasteiger partial charge in [0.15, 0.2) is 0 Å². The van der Waals surface area contributed by atoms with Gasteiger partial charge >= 0.3 is 6.01 Å². The molecule has 3 N–H and O–H groups in total. The first-order valence-electron chi connectivity index (χ1n) is 6.14. The molecular weight excluding hydrogens is 234 g/mol. The molecule has 1 unspecified atom stereocenters. The van der Waals surface area contributed by atoms with E-state index in [9.17, 15) is 0 Å². The van der Waals surface area contributed by atoms with Crippen molar-refractivity contribution in [3.63, 3.8) is 0 Å². The number of hydrogen-bond acceptors (Lipinski definition) is 7.